The molecule has 0 aliphatic carbocycles. The summed E-state index contributed by atoms with van der Waals surface area (Å²) in [6.07, 6.45) is 0. The molecule has 0 amide bonds. The Bertz CT molecular complexity index is 778. The Morgan fingerprint density at radius 1 is 0.913 bits per heavy atom. The molecule has 23 heavy (non-hydrogen) atoms. The molecule has 120 valence electrons. The van der Waals surface area contributed by atoms with Crippen LogP contribution in [0.15, 0.2) is 51.3 Å². The first-order valence-corrected chi connectivity index (χ1v) is 7.07. The second-order valence-electron chi connectivity index (χ2n) is 5.34. The highest BCUT2D eigenvalue weighted by molar-refractivity contribution is 5.53. The summed E-state index contributed by atoms with van der Waals surface area (Å²) in [5.74, 6) is 1.71. The van der Waals surface area contributed by atoms with Crippen LogP contribution in [0.3, 0.4) is 0 Å². The molecule has 0 aliphatic heterocycles. The van der Waals surface area contributed by atoms with Crippen LogP contribution < -0.4 is 10.3 Å². The number of hydrogen-bond donors (Lipinski definition) is 2. The molecule has 0 aliphatic rings. The second-order valence-corrected chi connectivity index (χ2v) is 5.34. The fourth-order valence-electron chi connectivity index (χ4n) is 2.55. The van der Waals surface area contributed by atoms with Crippen molar-refractivity contribution in [2.75, 3.05) is 5.23 Å². The number of furan rings is 2. The predicted octanol–water partition coefficient (Wildman–Crippen LogP) is 3.33. The van der Waals surface area contributed by atoms with E-state index in [-0.39, 0.29) is 16.7 Å². The zero-order valence-electron chi connectivity index (χ0n) is 12.7. The van der Waals surface area contributed by atoms with E-state index >= 15 is 0 Å². The second kappa shape index (κ2) is 5.83. The van der Waals surface area contributed by atoms with Gasteiger partial charge in [0.15, 0.2) is 0 Å². The maximum absolute atomic E-state index is 12.3. The molecule has 0 fully saturated rings. The Kier molecular flexibility index (Phi) is 3.85. The first-order valence-electron chi connectivity index (χ1n) is 7.07. The quantitative estimate of drug-likeness (QED) is 0.717. The standard InChI is InChI=1S/C17H17NO5/c1-10-3-7-15(22-10)17(16-8-4-11(2)23-16)13-9-12(18(20)21)5-6-14(13)19/h3-9,17,19-21H,1-2H3/p-1. The molecule has 3 aromatic rings. The van der Waals surface area contributed by atoms with E-state index in [2.05, 4.69) is 0 Å². The zero-order chi connectivity index (χ0) is 16.6. The van der Waals surface area contributed by atoms with E-state index in [4.69, 9.17) is 8.83 Å². The fraction of sp³-hybridized carbons (Fsp3) is 0.176. The predicted molar refractivity (Wildman–Crippen MR) is 79.8 cm³/mol. The molecule has 2 heterocycles. The fourth-order valence-corrected chi connectivity index (χ4v) is 2.55. The normalized spacial score (nSPS) is 11.2. The number of hydrogen-bond acceptors (Lipinski definition) is 6. The topological polar surface area (TPSA) is 93.0 Å². The Hall–Kier alpha value is -2.70. The molecule has 2 aromatic heterocycles. The molecule has 0 unspecified atom stereocenters. The monoisotopic (exact) mass is 314 g/mol. The lowest BCUT2D eigenvalue weighted by Crippen LogP contribution is -2.13. The molecule has 0 bridgehead atoms. The molecule has 6 nitrogen and oxygen atoms in total. The highest BCUT2D eigenvalue weighted by atomic mass is 16.8. The van der Waals surface area contributed by atoms with Crippen LogP contribution in [0.25, 0.3) is 0 Å². The number of rotatable bonds is 4. The molecular weight excluding hydrogens is 298 g/mol. The van der Waals surface area contributed by atoms with Gasteiger partial charge < -0.3 is 13.9 Å². The van der Waals surface area contributed by atoms with Crippen LogP contribution in [0.5, 0.6) is 5.75 Å². The van der Waals surface area contributed by atoms with Crippen molar-refractivity contribution in [3.8, 4) is 5.75 Å². The van der Waals surface area contributed by atoms with E-state index < -0.39 is 5.92 Å². The lowest BCUT2D eigenvalue weighted by Gasteiger charge is -2.22. The lowest BCUT2D eigenvalue weighted by molar-refractivity contribution is -0.269. The Labute approximate surface area is 132 Å². The Morgan fingerprint density at radius 3 is 1.91 bits per heavy atom. The summed E-state index contributed by atoms with van der Waals surface area (Å²) in [6.45, 7) is 3.62. The maximum atomic E-state index is 12.3. The first kappa shape index (κ1) is 15.2. The van der Waals surface area contributed by atoms with Crippen molar-refractivity contribution in [3.05, 3.63) is 71.1 Å². The molecule has 1 aromatic carbocycles. The van der Waals surface area contributed by atoms with Crippen molar-refractivity contribution in [1.29, 1.82) is 0 Å². The molecular formula is C17H16NO5-. The molecule has 3 rings (SSSR count). The van der Waals surface area contributed by atoms with Gasteiger partial charge >= 0.3 is 0 Å². The van der Waals surface area contributed by atoms with Crippen LogP contribution >= 0.6 is 0 Å². The number of nitrogens with zero attached hydrogens (tertiary/aromatic N) is 1. The third-order valence-electron chi connectivity index (χ3n) is 3.63. The molecule has 0 radical (unpaired) electrons. The van der Waals surface area contributed by atoms with Crippen molar-refractivity contribution in [2.24, 2.45) is 0 Å². The molecule has 2 N–H and O–H groups in total. The third-order valence-corrected chi connectivity index (χ3v) is 3.63. The molecule has 0 saturated carbocycles. The minimum Gasteiger partial charge on any atom is -0.872 e. The average molecular weight is 314 g/mol. The van der Waals surface area contributed by atoms with E-state index in [9.17, 15) is 15.5 Å². The first-order chi connectivity index (χ1) is 11.0. The van der Waals surface area contributed by atoms with Gasteiger partial charge in [-0.2, -0.15) is 0 Å². The van der Waals surface area contributed by atoms with Gasteiger partial charge in [0.2, 0.25) is 0 Å². The van der Waals surface area contributed by atoms with Crippen LogP contribution in [0.2, 0.25) is 0 Å². The van der Waals surface area contributed by atoms with Crippen molar-refractivity contribution in [2.45, 2.75) is 19.8 Å². The van der Waals surface area contributed by atoms with Gasteiger partial charge in [-0.3, -0.25) is 10.4 Å². The summed E-state index contributed by atoms with van der Waals surface area (Å²) >= 11 is 0. The molecule has 6 heteroatoms. The van der Waals surface area contributed by atoms with Gasteiger partial charge in [-0.25, -0.2) is 0 Å². The maximum Gasteiger partial charge on any atom is 0.119 e. The van der Waals surface area contributed by atoms with E-state index in [1.807, 2.05) is 13.8 Å². The van der Waals surface area contributed by atoms with Crippen LogP contribution in [-0.2, 0) is 0 Å². The zero-order valence-corrected chi connectivity index (χ0v) is 12.7. The minimum atomic E-state index is -0.565. The smallest absolute Gasteiger partial charge is 0.119 e. The Morgan fingerprint density at radius 2 is 1.48 bits per heavy atom. The van der Waals surface area contributed by atoms with Gasteiger partial charge in [-0.1, -0.05) is 6.07 Å². The van der Waals surface area contributed by atoms with Crippen molar-refractivity contribution in [3.63, 3.8) is 0 Å². The SMILES string of the molecule is Cc1ccc(C(c2ccc(C)o2)c2cc(N(O)O)ccc2[O-])o1. The Balaban J connectivity index is 2.18. The summed E-state index contributed by atoms with van der Waals surface area (Å²) in [4.78, 5) is 0. The van der Waals surface area contributed by atoms with Gasteiger partial charge in [0.25, 0.3) is 0 Å². The van der Waals surface area contributed by atoms with Gasteiger partial charge in [0.05, 0.1) is 11.6 Å². The van der Waals surface area contributed by atoms with E-state index in [0.29, 0.717) is 28.6 Å². The summed E-state index contributed by atoms with van der Waals surface area (Å²) in [5, 5.41) is 30.7. The highest BCUT2D eigenvalue weighted by Crippen LogP contribution is 2.38. The number of aryl methyl sites for hydroxylation is 2. The molecule has 0 saturated heterocycles. The summed E-state index contributed by atoms with van der Waals surface area (Å²) < 4.78 is 11.4. The highest BCUT2D eigenvalue weighted by Gasteiger charge is 2.24. The minimum absolute atomic E-state index is 0.0270. The van der Waals surface area contributed by atoms with Gasteiger partial charge in [0, 0.05) is 0 Å². The third kappa shape index (κ3) is 2.94. The van der Waals surface area contributed by atoms with Crippen LogP contribution in [0.1, 0.15) is 34.5 Å². The number of benzene rings is 1. The van der Waals surface area contributed by atoms with Gasteiger partial charge in [0.1, 0.15) is 23.0 Å². The van der Waals surface area contributed by atoms with E-state index in [1.165, 1.54) is 18.2 Å². The van der Waals surface area contributed by atoms with Gasteiger partial charge in [-0.15, -0.1) is 11.0 Å². The van der Waals surface area contributed by atoms with Crippen LogP contribution in [-0.4, -0.2) is 10.4 Å². The van der Waals surface area contributed by atoms with E-state index in [0.717, 1.165) is 0 Å². The van der Waals surface area contributed by atoms with Crippen molar-refractivity contribution in [1.82, 2.24) is 0 Å². The summed E-state index contributed by atoms with van der Waals surface area (Å²) in [5.41, 5.74) is 0.412. The largest absolute Gasteiger partial charge is 0.872 e. The molecule has 0 spiro atoms. The van der Waals surface area contributed by atoms with Crippen molar-refractivity contribution < 1.29 is 24.4 Å². The summed E-state index contributed by atoms with van der Waals surface area (Å²) in [6, 6.07) is 11.2. The summed E-state index contributed by atoms with van der Waals surface area (Å²) in [7, 11) is 0. The average Bonchev–Trinajstić information content (AvgIpc) is 3.10. The molecule has 0 atom stereocenters. The van der Waals surface area contributed by atoms with Gasteiger partial charge in [-0.05, 0) is 55.8 Å². The lowest BCUT2D eigenvalue weighted by atomic mass is 9.92. The van der Waals surface area contributed by atoms with E-state index in [1.54, 1.807) is 24.3 Å². The van der Waals surface area contributed by atoms with Crippen LogP contribution in [0.4, 0.5) is 5.69 Å². The van der Waals surface area contributed by atoms with Crippen LogP contribution in [0, 0.1) is 13.8 Å². The van der Waals surface area contributed by atoms with Crippen molar-refractivity contribution >= 4 is 5.69 Å². The number of anilines is 1.